The van der Waals surface area contributed by atoms with E-state index in [1.807, 2.05) is 22.6 Å². The number of nitrogens with one attached hydrogen (secondary N) is 1. The van der Waals surface area contributed by atoms with Crippen LogP contribution in [0.1, 0.15) is 0 Å². The molecule has 0 atom stereocenters. The van der Waals surface area contributed by atoms with E-state index in [9.17, 15) is 8.78 Å². The Labute approximate surface area is 88.6 Å². The first kappa shape index (κ1) is 10.8. The normalized spacial score (nSPS) is 12.0. The van der Waals surface area contributed by atoms with Crippen molar-refractivity contribution in [2.75, 3.05) is 13.6 Å². The maximum absolute atomic E-state index is 13.0. The van der Waals surface area contributed by atoms with E-state index < -0.39 is 5.92 Å². The molecule has 0 aliphatic carbocycles. The zero-order valence-corrected chi connectivity index (χ0v) is 9.25. The van der Waals surface area contributed by atoms with Crippen LogP contribution >= 0.6 is 22.6 Å². The van der Waals surface area contributed by atoms with Crippen molar-refractivity contribution in [2.24, 2.45) is 0 Å². The van der Waals surface area contributed by atoms with Crippen molar-refractivity contribution in [3.63, 3.8) is 0 Å². The van der Waals surface area contributed by atoms with Gasteiger partial charge in [0.1, 0.15) is 6.54 Å². The van der Waals surface area contributed by atoms with Gasteiger partial charge in [-0.2, -0.15) is 5.10 Å². The molecular formula is C7H10F2IN3. The van der Waals surface area contributed by atoms with Crippen molar-refractivity contribution in [3.8, 4) is 0 Å². The summed E-state index contributed by atoms with van der Waals surface area (Å²) >= 11 is 2.03. The lowest BCUT2D eigenvalue weighted by Gasteiger charge is -2.15. The second kappa shape index (κ2) is 4.32. The number of hydrogen-bond donors (Lipinski definition) is 1. The van der Waals surface area contributed by atoms with E-state index in [0.29, 0.717) is 0 Å². The van der Waals surface area contributed by atoms with Crippen LogP contribution in [-0.4, -0.2) is 29.3 Å². The molecule has 0 bridgehead atoms. The van der Waals surface area contributed by atoms with E-state index >= 15 is 0 Å². The summed E-state index contributed by atoms with van der Waals surface area (Å²) in [7, 11) is 1.50. The van der Waals surface area contributed by atoms with Gasteiger partial charge in [0.15, 0.2) is 0 Å². The second-order valence-corrected chi connectivity index (χ2v) is 3.99. The minimum absolute atomic E-state index is 0.330. The maximum atomic E-state index is 13.0. The highest BCUT2D eigenvalue weighted by atomic mass is 127. The number of rotatable bonds is 4. The highest BCUT2D eigenvalue weighted by Crippen LogP contribution is 2.15. The van der Waals surface area contributed by atoms with E-state index in [4.69, 9.17) is 0 Å². The van der Waals surface area contributed by atoms with Crippen LogP contribution in [0, 0.1) is 3.57 Å². The lowest BCUT2D eigenvalue weighted by atomic mass is 10.3. The van der Waals surface area contributed by atoms with Crippen molar-refractivity contribution in [3.05, 3.63) is 16.0 Å². The molecule has 0 aliphatic heterocycles. The Balaban J connectivity index is 2.57. The summed E-state index contributed by atoms with van der Waals surface area (Å²) in [5, 5.41) is 6.23. The van der Waals surface area contributed by atoms with Crippen molar-refractivity contribution in [2.45, 2.75) is 12.5 Å². The summed E-state index contributed by atoms with van der Waals surface area (Å²) in [6.45, 7) is -0.708. The Morgan fingerprint density at radius 3 is 2.85 bits per heavy atom. The molecule has 0 aliphatic rings. The Morgan fingerprint density at radius 2 is 2.38 bits per heavy atom. The van der Waals surface area contributed by atoms with Crippen molar-refractivity contribution < 1.29 is 8.78 Å². The molecule has 0 spiro atoms. The number of aromatic nitrogens is 2. The van der Waals surface area contributed by atoms with Gasteiger partial charge in [0.05, 0.1) is 16.3 Å². The molecule has 74 valence electrons. The van der Waals surface area contributed by atoms with E-state index in [1.54, 1.807) is 12.4 Å². The number of alkyl halides is 2. The van der Waals surface area contributed by atoms with Gasteiger partial charge in [0.2, 0.25) is 0 Å². The van der Waals surface area contributed by atoms with E-state index in [0.717, 1.165) is 3.57 Å². The van der Waals surface area contributed by atoms with Crippen LogP contribution < -0.4 is 5.32 Å². The lowest BCUT2D eigenvalue weighted by molar-refractivity contribution is -0.0162. The zero-order valence-electron chi connectivity index (χ0n) is 7.10. The van der Waals surface area contributed by atoms with Gasteiger partial charge in [-0.3, -0.25) is 4.68 Å². The van der Waals surface area contributed by atoms with Crippen LogP contribution in [-0.2, 0) is 6.54 Å². The third kappa shape index (κ3) is 3.55. The van der Waals surface area contributed by atoms with Crippen LogP contribution in [0.3, 0.4) is 0 Å². The minimum atomic E-state index is -2.75. The van der Waals surface area contributed by atoms with Crippen LogP contribution in [0.15, 0.2) is 12.4 Å². The third-order valence-corrected chi connectivity index (χ3v) is 1.99. The largest absolute Gasteiger partial charge is 0.314 e. The fourth-order valence-corrected chi connectivity index (χ4v) is 1.42. The Bertz CT molecular complexity index is 274. The minimum Gasteiger partial charge on any atom is -0.314 e. The summed E-state index contributed by atoms with van der Waals surface area (Å²) in [5.74, 6) is -2.75. The van der Waals surface area contributed by atoms with Gasteiger partial charge in [0, 0.05) is 6.20 Å². The highest BCUT2D eigenvalue weighted by molar-refractivity contribution is 14.1. The fraction of sp³-hybridized carbons (Fsp3) is 0.571. The maximum Gasteiger partial charge on any atom is 0.279 e. The first-order valence-corrected chi connectivity index (χ1v) is 4.82. The number of halogens is 3. The van der Waals surface area contributed by atoms with Crippen LogP contribution in [0.2, 0.25) is 0 Å². The van der Waals surface area contributed by atoms with E-state index in [2.05, 4.69) is 10.4 Å². The molecule has 1 rings (SSSR count). The summed E-state index contributed by atoms with van der Waals surface area (Å²) in [6, 6.07) is 0. The molecule has 0 amide bonds. The first-order chi connectivity index (χ1) is 6.03. The molecule has 1 aromatic heterocycles. The van der Waals surface area contributed by atoms with Crippen molar-refractivity contribution in [1.29, 1.82) is 0 Å². The van der Waals surface area contributed by atoms with Gasteiger partial charge in [-0.15, -0.1) is 0 Å². The number of hydrogen-bond acceptors (Lipinski definition) is 2. The predicted octanol–water partition coefficient (Wildman–Crippen LogP) is 1.34. The standard InChI is InChI=1S/C7H10F2IN3/c1-11-4-7(8,9)5-13-3-6(10)2-12-13/h2-3,11H,4-5H2,1H3. The third-order valence-electron chi connectivity index (χ3n) is 1.43. The fourth-order valence-electron chi connectivity index (χ4n) is 0.976. The summed E-state index contributed by atoms with van der Waals surface area (Å²) in [4.78, 5) is 0. The van der Waals surface area contributed by atoms with Gasteiger partial charge in [-0.25, -0.2) is 8.78 Å². The highest BCUT2D eigenvalue weighted by Gasteiger charge is 2.28. The smallest absolute Gasteiger partial charge is 0.279 e. The topological polar surface area (TPSA) is 29.9 Å². The molecule has 0 unspecified atom stereocenters. The summed E-state index contributed by atoms with van der Waals surface area (Å²) < 4.78 is 28.1. The van der Waals surface area contributed by atoms with Gasteiger partial charge < -0.3 is 5.32 Å². The van der Waals surface area contributed by atoms with Crippen LogP contribution in [0.5, 0.6) is 0 Å². The molecule has 1 N–H and O–H groups in total. The molecule has 3 nitrogen and oxygen atoms in total. The molecular weight excluding hydrogens is 291 g/mol. The summed E-state index contributed by atoms with van der Waals surface area (Å²) in [5.41, 5.74) is 0. The number of nitrogens with zero attached hydrogens (tertiary/aromatic N) is 2. The second-order valence-electron chi connectivity index (χ2n) is 2.74. The van der Waals surface area contributed by atoms with E-state index in [-0.39, 0.29) is 13.1 Å². The van der Waals surface area contributed by atoms with Gasteiger partial charge in [-0.1, -0.05) is 0 Å². The quantitative estimate of drug-likeness (QED) is 0.851. The molecule has 1 heterocycles. The van der Waals surface area contributed by atoms with Gasteiger partial charge in [0.25, 0.3) is 5.92 Å². The Morgan fingerprint density at radius 1 is 1.69 bits per heavy atom. The average molecular weight is 301 g/mol. The monoisotopic (exact) mass is 301 g/mol. The average Bonchev–Trinajstić information content (AvgIpc) is 2.34. The molecule has 1 aromatic rings. The summed E-state index contributed by atoms with van der Waals surface area (Å²) in [6.07, 6.45) is 3.14. The molecule has 0 saturated heterocycles. The molecule has 0 aromatic carbocycles. The lowest BCUT2D eigenvalue weighted by Crippen LogP contribution is -2.34. The van der Waals surface area contributed by atoms with Gasteiger partial charge >= 0.3 is 0 Å². The zero-order chi connectivity index (χ0) is 9.90. The van der Waals surface area contributed by atoms with Gasteiger partial charge in [-0.05, 0) is 29.6 Å². The molecule has 0 fully saturated rings. The Kier molecular flexibility index (Phi) is 3.60. The van der Waals surface area contributed by atoms with E-state index in [1.165, 1.54) is 11.7 Å². The van der Waals surface area contributed by atoms with Crippen molar-refractivity contribution >= 4 is 22.6 Å². The molecule has 0 saturated carbocycles. The van der Waals surface area contributed by atoms with Crippen LogP contribution in [0.4, 0.5) is 8.78 Å². The molecule has 13 heavy (non-hydrogen) atoms. The van der Waals surface area contributed by atoms with Crippen LogP contribution in [0.25, 0.3) is 0 Å². The van der Waals surface area contributed by atoms with Crippen molar-refractivity contribution in [1.82, 2.24) is 15.1 Å². The molecule has 6 heteroatoms. The Hall–Kier alpha value is -0.240. The first-order valence-electron chi connectivity index (χ1n) is 3.74. The SMILES string of the molecule is CNCC(F)(F)Cn1cc(I)cn1. The molecule has 0 radical (unpaired) electrons. The predicted molar refractivity (Wildman–Crippen MR) is 53.8 cm³/mol.